The van der Waals surface area contributed by atoms with Gasteiger partial charge < -0.3 is 0 Å². The van der Waals surface area contributed by atoms with Crippen LogP contribution in [-0.4, -0.2) is 0 Å². The first-order valence-electron chi connectivity index (χ1n) is 7.18. The molecule has 0 saturated heterocycles. The Kier molecular flexibility index (Phi) is 3.76. The lowest BCUT2D eigenvalue weighted by Crippen LogP contribution is -1.90. The van der Waals surface area contributed by atoms with Crippen molar-refractivity contribution in [1.29, 1.82) is 0 Å². The second-order valence-electron chi connectivity index (χ2n) is 5.50. The lowest BCUT2D eigenvalue weighted by molar-refractivity contribution is 0.627. The molecule has 0 spiro atoms. The van der Waals surface area contributed by atoms with Gasteiger partial charge in [0.15, 0.2) is 0 Å². The van der Waals surface area contributed by atoms with Crippen molar-refractivity contribution in [3.8, 4) is 22.3 Å². The number of hydrogen-bond acceptors (Lipinski definition) is 0. The van der Waals surface area contributed by atoms with Gasteiger partial charge in [-0.2, -0.15) is 0 Å². The molecule has 0 nitrogen and oxygen atoms in total. The normalized spacial score (nSPS) is 10.7. The van der Waals surface area contributed by atoms with E-state index >= 15 is 0 Å². The summed E-state index contributed by atoms with van der Waals surface area (Å²) in [4.78, 5) is 0. The van der Waals surface area contributed by atoms with Gasteiger partial charge in [-0.15, -0.1) is 0 Å². The summed E-state index contributed by atoms with van der Waals surface area (Å²) in [5, 5.41) is 0. The molecule has 0 unspecified atom stereocenters. The molecule has 0 aliphatic heterocycles. The maximum Gasteiger partial charge on any atom is 0.123 e. The van der Waals surface area contributed by atoms with Crippen molar-refractivity contribution < 1.29 is 8.78 Å². The van der Waals surface area contributed by atoms with Gasteiger partial charge in [-0.25, -0.2) is 8.78 Å². The van der Waals surface area contributed by atoms with Crippen LogP contribution in [0.15, 0.2) is 60.7 Å². The van der Waals surface area contributed by atoms with E-state index in [1.807, 2.05) is 13.8 Å². The summed E-state index contributed by atoms with van der Waals surface area (Å²) < 4.78 is 26.1. The zero-order valence-corrected chi connectivity index (χ0v) is 12.5. The summed E-state index contributed by atoms with van der Waals surface area (Å²) in [5.41, 5.74) is 6.38. The molecule has 0 amide bonds. The highest BCUT2D eigenvalue weighted by atomic mass is 19.1. The van der Waals surface area contributed by atoms with Crippen molar-refractivity contribution in [2.45, 2.75) is 13.8 Å². The predicted molar refractivity (Wildman–Crippen MR) is 86.7 cm³/mol. The molecule has 0 aromatic heterocycles. The maximum absolute atomic E-state index is 13.1. The molecule has 3 rings (SSSR count). The third-order valence-corrected chi connectivity index (χ3v) is 3.88. The van der Waals surface area contributed by atoms with Gasteiger partial charge in [0.25, 0.3) is 0 Å². The maximum atomic E-state index is 13.1. The highest BCUT2D eigenvalue weighted by Gasteiger charge is 2.08. The molecule has 0 saturated carbocycles. The minimum absolute atomic E-state index is 0.235. The lowest BCUT2D eigenvalue weighted by atomic mass is 9.92. The van der Waals surface area contributed by atoms with Crippen LogP contribution >= 0.6 is 0 Å². The Balaban J connectivity index is 2.08. The number of hydrogen-bond donors (Lipinski definition) is 0. The minimum atomic E-state index is -0.235. The summed E-state index contributed by atoms with van der Waals surface area (Å²) in [6, 6.07) is 17.2. The van der Waals surface area contributed by atoms with Crippen molar-refractivity contribution in [3.63, 3.8) is 0 Å². The summed E-state index contributed by atoms with van der Waals surface area (Å²) >= 11 is 0. The zero-order chi connectivity index (χ0) is 15.7. The molecule has 0 atom stereocenters. The van der Waals surface area contributed by atoms with Crippen molar-refractivity contribution in [2.75, 3.05) is 0 Å². The first-order valence-corrected chi connectivity index (χ1v) is 7.18. The van der Waals surface area contributed by atoms with Crippen molar-refractivity contribution in [2.24, 2.45) is 0 Å². The molecular weight excluding hydrogens is 278 g/mol. The fourth-order valence-corrected chi connectivity index (χ4v) is 2.70. The van der Waals surface area contributed by atoms with E-state index in [0.29, 0.717) is 0 Å². The Morgan fingerprint density at radius 3 is 1.18 bits per heavy atom. The van der Waals surface area contributed by atoms with E-state index in [4.69, 9.17) is 0 Å². The van der Waals surface area contributed by atoms with E-state index in [0.717, 1.165) is 33.4 Å². The van der Waals surface area contributed by atoms with Gasteiger partial charge in [-0.05, 0) is 71.5 Å². The largest absolute Gasteiger partial charge is 0.207 e. The van der Waals surface area contributed by atoms with Crippen LogP contribution in [0.3, 0.4) is 0 Å². The third-order valence-electron chi connectivity index (χ3n) is 3.88. The second kappa shape index (κ2) is 5.72. The van der Waals surface area contributed by atoms with Gasteiger partial charge in [-0.3, -0.25) is 0 Å². The molecule has 0 radical (unpaired) electrons. The van der Waals surface area contributed by atoms with Crippen molar-refractivity contribution in [3.05, 3.63) is 83.4 Å². The summed E-state index contributed by atoms with van der Waals surface area (Å²) in [6.45, 7) is 4.07. The average Bonchev–Trinajstić information content (AvgIpc) is 2.51. The minimum Gasteiger partial charge on any atom is -0.207 e. The molecule has 0 aliphatic carbocycles. The van der Waals surface area contributed by atoms with E-state index in [1.165, 1.54) is 24.3 Å². The Morgan fingerprint density at radius 2 is 0.864 bits per heavy atom. The molecular formula is C20H16F2. The molecule has 22 heavy (non-hydrogen) atoms. The Bertz CT molecular complexity index is 729. The number of rotatable bonds is 2. The van der Waals surface area contributed by atoms with Gasteiger partial charge >= 0.3 is 0 Å². The van der Waals surface area contributed by atoms with Crippen LogP contribution in [0.25, 0.3) is 22.3 Å². The van der Waals surface area contributed by atoms with Crippen molar-refractivity contribution >= 4 is 0 Å². The topological polar surface area (TPSA) is 0 Å². The smallest absolute Gasteiger partial charge is 0.123 e. The van der Waals surface area contributed by atoms with Gasteiger partial charge in [-0.1, -0.05) is 36.4 Å². The van der Waals surface area contributed by atoms with Crippen LogP contribution < -0.4 is 0 Å². The molecule has 3 aromatic rings. The van der Waals surface area contributed by atoms with Gasteiger partial charge in [0.05, 0.1) is 0 Å². The molecule has 3 aromatic carbocycles. The molecule has 0 fully saturated rings. The second-order valence-corrected chi connectivity index (χ2v) is 5.50. The Labute approximate surface area is 129 Å². The van der Waals surface area contributed by atoms with Gasteiger partial charge in [0, 0.05) is 0 Å². The first kappa shape index (κ1) is 14.5. The first-order chi connectivity index (χ1) is 10.5. The fourth-order valence-electron chi connectivity index (χ4n) is 2.70. The number of benzene rings is 3. The standard InChI is InChI=1S/C20H16F2/c1-13-11-20(16-5-9-18(22)10-6-16)14(2)12-19(13)15-3-7-17(21)8-4-15/h3-12H,1-2H3. The van der Waals surface area contributed by atoms with Gasteiger partial charge in [0.2, 0.25) is 0 Å². The van der Waals surface area contributed by atoms with Crippen LogP contribution in [0.1, 0.15) is 11.1 Å². The van der Waals surface area contributed by atoms with E-state index in [-0.39, 0.29) is 11.6 Å². The summed E-state index contributed by atoms with van der Waals surface area (Å²) in [6.07, 6.45) is 0. The highest BCUT2D eigenvalue weighted by Crippen LogP contribution is 2.31. The summed E-state index contributed by atoms with van der Waals surface area (Å²) in [7, 11) is 0. The molecule has 2 heteroatoms. The molecule has 0 N–H and O–H groups in total. The molecule has 0 bridgehead atoms. The lowest BCUT2D eigenvalue weighted by Gasteiger charge is -2.13. The monoisotopic (exact) mass is 294 g/mol. The van der Waals surface area contributed by atoms with Crippen molar-refractivity contribution in [1.82, 2.24) is 0 Å². The predicted octanol–water partition coefficient (Wildman–Crippen LogP) is 5.92. The third kappa shape index (κ3) is 2.77. The molecule has 0 aliphatic rings. The van der Waals surface area contributed by atoms with Gasteiger partial charge in [0.1, 0.15) is 11.6 Å². The molecule has 0 heterocycles. The quantitative estimate of drug-likeness (QED) is 0.550. The van der Waals surface area contributed by atoms with Crippen LogP contribution in [0.5, 0.6) is 0 Å². The van der Waals surface area contributed by atoms with E-state index in [2.05, 4.69) is 12.1 Å². The number of aryl methyl sites for hydroxylation is 2. The highest BCUT2D eigenvalue weighted by molar-refractivity contribution is 5.76. The van der Waals surface area contributed by atoms with E-state index in [1.54, 1.807) is 24.3 Å². The Morgan fingerprint density at radius 1 is 0.545 bits per heavy atom. The van der Waals surface area contributed by atoms with Crippen LogP contribution in [0.2, 0.25) is 0 Å². The zero-order valence-electron chi connectivity index (χ0n) is 12.5. The SMILES string of the molecule is Cc1cc(-c2ccc(F)cc2)c(C)cc1-c1ccc(F)cc1. The average molecular weight is 294 g/mol. The van der Waals surface area contributed by atoms with E-state index < -0.39 is 0 Å². The van der Waals surface area contributed by atoms with E-state index in [9.17, 15) is 8.78 Å². The fraction of sp³-hybridized carbons (Fsp3) is 0.100. The summed E-state index contributed by atoms with van der Waals surface area (Å²) in [5.74, 6) is -0.470. The van der Waals surface area contributed by atoms with Crippen LogP contribution in [-0.2, 0) is 0 Å². The van der Waals surface area contributed by atoms with Crippen LogP contribution in [0.4, 0.5) is 8.78 Å². The van der Waals surface area contributed by atoms with Crippen LogP contribution in [0, 0.1) is 25.5 Å². The molecule has 110 valence electrons. The number of halogens is 2. The Hall–Kier alpha value is -2.48.